The van der Waals surface area contributed by atoms with E-state index in [1.54, 1.807) is 6.08 Å². The first-order chi connectivity index (χ1) is 6.12. The van der Waals surface area contributed by atoms with Gasteiger partial charge >= 0.3 is 0 Å². The SMILES string of the molecule is CC12CCCCC1=CC(=O)C(=O)C2. The average Bonchev–Trinajstić information content (AvgIpc) is 2.07. The van der Waals surface area contributed by atoms with Crippen molar-refractivity contribution in [3.63, 3.8) is 0 Å². The van der Waals surface area contributed by atoms with Crippen molar-refractivity contribution in [1.29, 1.82) is 0 Å². The van der Waals surface area contributed by atoms with Crippen LogP contribution in [0.25, 0.3) is 0 Å². The Morgan fingerprint density at radius 2 is 2.08 bits per heavy atom. The molecule has 2 aliphatic carbocycles. The Bertz CT molecular complexity index is 301. The van der Waals surface area contributed by atoms with Gasteiger partial charge in [0.05, 0.1) is 0 Å². The van der Waals surface area contributed by atoms with Crippen LogP contribution in [0.5, 0.6) is 0 Å². The Kier molecular flexibility index (Phi) is 1.86. The normalized spacial score (nSPS) is 34.1. The van der Waals surface area contributed by atoms with Crippen LogP contribution in [0.4, 0.5) is 0 Å². The number of rotatable bonds is 0. The Morgan fingerprint density at radius 1 is 1.31 bits per heavy atom. The van der Waals surface area contributed by atoms with Crippen molar-refractivity contribution >= 4 is 11.6 Å². The van der Waals surface area contributed by atoms with Crippen LogP contribution in [0.2, 0.25) is 0 Å². The lowest BCUT2D eigenvalue weighted by molar-refractivity contribution is -0.136. The first kappa shape index (κ1) is 8.67. The van der Waals surface area contributed by atoms with Gasteiger partial charge in [-0.15, -0.1) is 0 Å². The van der Waals surface area contributed by atoms with Gasteiger partial charge in [-0.25, -0.2) is 0 Å². The lowest BCUT2D eigenvalue weighted by atomic mass is 9.66. The van der Waals surface area contributed by atoms with E-state index in [1.807, 2.05) is 0 Å². The Hall–Kier alpha value is -0.920. The van der Waals surface area contributed by atoms with Gasteiger partial charge in [-0.2, -0.15) is 0 Å². The molecule has 1 unspecified atom stereocenters. The summed E-state index contributed by atoms with van der Waals surface area (Å²) in [6.45, 7) is 2.11. The fourth-order valence-electron chi connectivity index (χ4n) is 2.42. The van der Waals surface area contributed by atoms with Gasteiger partial charge in [-0.1, -0.05) is 18.9 Å². The van der Waals surface area contributed by atoms with Crippen LogP contribution in [-0.2, 0) is 9.59 Å². The first-order valence-electron chi connectivity index (χ1n) is 4.90. The number of carbonyl (C=O) groups excluding carboxylic acids is 2. The van der Waals surface area contributed by atoms with E-state index < -0.39 is 0 Å². The van der Waals surface area contributed by atoms with Gasteiger partial charge in [0.1, 0.15) is 0 Å². The van der Waals surface area contributed by atoms with Crippen molar-refractivity contribution in [3.05, 3.63) is 11.6 Å². The predicted octanol–water partition coefficient (Wildman–Crippen LogP) is 2.04. The van der Waals surface area contributed by atoms with Crippen molar-refractivity contribution < 1.29 is 9.59 Å². The second-order valence-corrected chi connectivity index (χ2v) is 4.40. The third-order valence-corrected chi connectivity index (χ3v) is 3.33. The summed E-state index contributed by atoms with van der Waals surface area (Å²) in [6.07, 6.45) is 6.47. The molecule has 1 fully saturated rings. The van der Waals surface area contributed by atoms with Crippen LogP contribution in [-0.4, -0.2) is 11.6 Å². The molecule has 0 aliphatic heterocycles. The standard InChI is InChI=1S/C11H14O2/c1-11-5-3-2-4-8(11)6-9(12)10(13)7-11/h6H,2-5,7H2,1H3. The molecule has 13 heavy (non-hydrogen) atoms. The molecular weight excluding hydrogens is 164 g/mol. The largest absolute Gasteiger partial charge is 0.290 e. The fraction of sp³-hybridized carbons (Fsp3) is 0.636. The molecule has 0 N–H and O–H groups in total. The molecule has 0 saturated heterocycles. The number of allylic oxidation sites excluding steroid dienone is 2. The Balaban J connectivity index is 2.37. The average molecular weight is 178 g/mol. The van der Waals surface area contributed by atoms with Crippen molar-refractivity contribution in [2.24, 2.45) is 5.41 Å². The molecule has 0 bridgehead atoms. The van der Waals surface area contributed by atoms with Crippen LogP contribution in [0, 0.1) is 5.41 Å². The molecule has 2 nitrogen and oxygen atoms in total. The zero-order chi connectivity index (χ0) is 9.47. The maximum atomic E-state index is 11.3. The lowest BCUT2D eigenvalue weighted by Gasteiger charge is -2.38. The quantitative estimate of drug-likeness (QED) is 0.532. The summed E-state index contributed by atoms with van der Waals surface area (Å²) in [4.78, 5) is 22.4. The van der Waals surface area contributed by atoms with E-state index in [1.165, 1.54) is 18.4 Å². The predicted molar refractivity (Wildman–Crippen MR) is 49.3 cm³/mol. The summed E-state index contributed by atoms with van der Waals surface area (Å²) < 4.78 is 0. The van der Waals surface area contributed by atoms with Crippen molar-refractivity contribution in [3.8, 4) is 0 Å². The molecule has 2 rings (SSSR count). The Morgan fingerprint density at radius 3 is 2.85 bits per heavy atom. The third-order valence-electron chi connectivity index (χ3n) is 3.33. The molecule has 0 spiro atoms. The van der Waals surface area contributed by atoms with Crippen LogP contribution >= 0.6 is 0 Å². The van der Waals surface area contributed by atoms with E-state index >= 15 is 0 Å². The van der Waals surface area contributed by atoms with Crippen LogP contribution in [0.15, 0.2) is 11.6 Å². The van der Waals surface area contributed by atoms with Gasteiger partial charge in [0, 0.05) is 6.42 Å². The summed E-state index contributed by atoms with van der Waals surface area (Å²) in [7, 11) is 0. The van der Waals surface area contributed by atoms with Gasteiger partial charge in [0.25, 0.3) is 0 Å². The summed E-state index contributed by atoms with van der Waals surface area (Å²) in [6, 6.07) is 0. The highest BCUT2D eigenvalue weighted by Crippen LogP contribution is 2.45. The maximum Gasteiger partial charge on any atom is 0.221 e. The molecule has 2 aliphatic rings. The van der Waals surface area contributed by atoms with Crippen LogP contribution in [0.3, 0.4) is 0 Å². The van der Waals surface area contributed by atoms with E-state index in [4.69, 9.17) is 0 Å². The van der Waals surface area contributed by atoms with Crippen molar-refractivity contribution in [1.82, 2.24) is 0 Å². The van der Waals surface area contributed by atoms with Gasteiger partial charge in [-0.05, 0) is 30.8 Å². The number of hydrogen-bond donors (Lipinski definition) is 0. The summed E-state index contributed by atoms with van der Waals surface area (Å²) >= 11 is 0. The van der Waals surface area contributed by atoms with Crippen molar-refractivity contribution in [2.75, 3.05) is 0 Å². The molecule has 0 aromatic rings. The number of carbonyl (C=O) groups is 2. The Labute approximate surface area is 78.0 Å². The number of fused-ring (bicyclic) bond motifs is 1. The van der Waals surface area contributed by atoms with Gasteiger partial charge < -0.3 is 0 Å². The molecule has 1 atom stereocenters. The van der Waals surface area contributed by atoms with E-state index in [-0.39, 0.29) is 17.0 Å². The highest BCUT2D eigenvalue weighted by molar-refractivity contribution is 6.42. The summed E-state index contributed by atoms with van der Waals surface area (Å²) in [5.74, 6) is -0.484. The molecule has 70 valence electrons. The fourth-order valence-corrected chi connectivity index (χ4v) is 2.42. The molecule has 0 heterocycles. The number of hydrogen-bond acceptors (Lipinski definition) is 2. The second-order valence-electron chi connectivity index (χ2n) is 4.40. The molecule has 2 heteroatoms. The zero-order valence-electron chi connectivity index (χ0n) is 7.93. The molecule has 0 amide bonds. The third kappa shape index (κ3) is 1.34. The maximum absolute atomic E-state index is 11.3. The molecule has 0 radical (unpaired) electrons. The molecular formula is C11H14O2. The van der Waals surface area contributed by atoms with E-state index in [0.29, 0.717) is 6.42 Å². The lowest BCUT2D eigenvalue weighted by Crippen LogP contribution is -2.34. The zero-order valence-corrected chi connectivity index (χ0v) is 7.93. The number of Topliss-reactive ketones (excluding diaryl/α,β-unsaturated/α-hetero) is 1. The summed E-state index contributed by atoms with van der Waals surface area (Å²) in [5, 5.41) is 0. The second kappa shape index (κ2) is 2.79. The number of ketones is 2. The minimum atomic E-state index is -0.283. The van der Waals surface area contributed by atoms with Crippen molar-refractivity contribution in [2.45, 2.75) is 39.0 Å². The topological polar surface area (TPSA) is 34.1 Å². The minimum absolute atomic E-state index is 0.0171. The van der Waals surface area contributed by atoms with Gasteiger partial charge in [-0.3, -0.25) is 9.59 Å². The minimum Gasteiger partial charge on any atom is -0.290 e. The van der Waals surface area contributed by atoms with Crippen LogP contribution < -0.4 is 0 Å². The first-order valence-corrected chi connectivity index (χ1v) is 4.90. The highest BCUT2D eigenvalue weighted by atomic mass is 16.2. The monoisotopic (exact) mass is 178 g/mol. The molecule has 0 aromatic heterocycles. The molecule has 0 aromatic carbocycles. The highest BCUT2D eigenvalue weighted by Gasteiger charge is 2.38. The smallest absolute Gasteiger partial charge is 0.221 e. The van der Waals surface area contributed by atoms with E-state index in [0.717, 1.165) is 12.8 Å². The molecule has 1 saturated carbocycles. The van der Waals surface area contributed by atoms with Crippen LogP contribution in [0.1, 0.15) is 39.0 Å². The van der Waals surface area contributed by atoms with Gasteiger partial charge in [0.15, 0.2) is 0 Å². The van der Waals surface area contributed by atoms with E-state index in [2.05, 4.69) is 6.92 Å². The summed E-state index contributed by atoms with van der Waals surface area (Å²) in [5.41, 5.74) is 1.23. The van der Waals surface area contributed by atoms with Gasteiger partial charge in [0.2, 0.25) is 11.6 Å². The van der Waals surface area contributed by atoms with E-state index in [9.17, 15) is 9.59 Å².